The van der Waals surface area contributed by atoms with Crippen LogP contribution in [-0.4, -0.2) is 5.33 Å². The molecule has 0 aliphatic heterocycles. The molecule has 0 bridgehead atoms. The van der Waals surface area contributed by atoms with E-state index in [1.165, 1.54) is 5.57 Å². The van der Waals surface area contributed by atoms with Gasteiger partial charge < -0.3 is 0 Å². The molecular weight excluding hydrogens is 200 g/mol. The fourth-order valence-corrected chi connectivity index (χ4v) is 2.21. The van der Waals surface area contributed by atoms with Gasteiger partial charge in [0, 0.05) is 5.33 Å². The minimum Gasteiger partial charge on any atom is -0.100 e. The van der Waals surface area contributed by atoms with Gasteiger partial charge in [-0.25, -0.2) is 0 Å². The number of halogens is 1. The first kappa shape index (κ1) is 11.2. The minimum absolute atomic E-state index is 0.391. The zero-order valence-corrected chi connectivity index (χ0v) is 9.66. The van der Waals surface area contributed by atoms with E-state index in [0.29, 0.717) is 11.3 Å². The summed E-state index contributed by atoms with van der Waals surface area (Å²) in [4.78, 5) is 0. The van der Waals surface area contributed by atoms with Gasteiger partial charge in [0.05, 0.1) is 0 Å². The lowest BCUT2D eigenvalue weighted by atomic mass is 9.79. The van der Waals surface area contributed by atoms with Crippen LogP contribution >= 0.6 is 15.9 Å². The molecule has 0 fully saturated rings. The Bertz CT molecular complexity index is 130. The van der Waals surface area contributed by atoms with Gasteiger partial charge in [-0.2, -0.15) is 0 Å². The third-order valence-electron chi connectivity index (χ3n) is 2.01. The fourth-order valence-electron chi connectivity index (χ4n) is 1.01. The number of allylic oxidation sites excluding steroid dienone is 1. The van der Waals surface area contributed by atoms with Gasteiger partial charge in [0.1, 0.15) is 0 Å². The van der Waals surface area contributed by atoms with E-state index in [2.05, 4.69) is 50.2 Å². The molecule has 1 heteroatoms. The fraction of sp³-hybridized carbons (Fsp3) is 0.800. The van der Waals surface area contributed by atoms with Crippen molar-refractivity contribution < 1.29 is 0 Å². The van der Waals surface area contributed by atoms with Gasteiger partial charge in [0.15, 0.2) is 0 Å². The molecule has 0 amide bonds. The lowest BCUT2D eigenvalue weighted by Crippen LogP contribution is -2.21. The van der Waals surface area contributed by atoms with Crippen molar-refractivity contribution in [3.8, 4) is 0 Å². The first-order valence-electron chi connectivity index (χ1n) is 4.08. The van der Waals surface area contributed by atoms with Crippen molar-refractivity contribution in [2.75, 3.05) is 5.33 Å². The molecule has 0 saturated heterocycles. The van der Waals surface area contributed by atoms with Crippen molar-refractivity contribution in [1.29, 1.82) is 0 Å². The second-order valence-electron chi connectivity index (χ2n) is 4.38. The normalized spacial score (nSPS) is 14.6. The van der Waals surface area contributed by atoms with E-state index < -0.39 is 0 Å². The predicted octanol–water partition coefficient (Wildman–Crippen LogP) is 4.01. The predicted molar refractivity (Wildman–Crippen MR) is 56.2 cm³/mol. The summed E-state index contributed by atoms with van der Waals surface area (Å²) >= 11 is 3.54. The Balaban J connectivity index is 4.07. The molecule has 1 unspecified atom stereocenters. The van der Waals surface area contributed by atoms with Gasteiger partial charge in [-0.1, -0.05) is 42.3 Å². The third kappa shape index (κ3) is 4.62. The highest BCUT2D eigenvalue weighted by Crippen LogP contribution is 2.31. The van der Waals surface area contributed by atoms with Gasteiger partial charge in [0.25, 0.3) is 0 Å². The van der Waals surface area contributed by atoms with E-state index in [1.54, 1.807) is 0 Å². The molecule has 0 aromatic carbocycles. The molecule has 0 aliphatic rings. The maximum Gasteiger partial charge on any atom is 0.00677 e. The molecule has 66 valence electrons. The SMILES string of the molecule is C=C(C)CC(CBr)C(C)(C)C. The Morgan fingerprint density at radius 2 is 1.91 bits per heavy atom. The lowest BCUT2D eigenvalue weighted by Gasteiger charge is -2.29. The maximum absolute atomic E-state index is 3.94. The van der Waals surface area contributed by atoms with E-state index in [4.69, 9.17) is 0 Å². The monoisotopic (exact) mass is 218 g/mol. The van der Waals surface area contributed by atoms with Gasteiger partial charge >= 0.3 is 0 Å². The molecule has 11 heavy (non-hydrogen) atoms. The molecule has 0 radical (unpaired) electrons. The van der Waals surface area contributed by atoms with Gasteiger partial charge in [-0.15, -0.1) is 6.58 Å². The highest BCUT2D eigenvalue weighted by atomic mass is 79.9. The van der Waals surface area contributed by atoms with E-state index >= 15 is 0 Å². The molecular formula is C10H19Br. The first-order chi connectivity index (χ1) is 4.88. The van der Waals surface area contributed by atoms with Gasteiger partial charge in [-0.05, 0) is 24.7 Å². The molecule has 0 N–H and O–H groups in total. The van der Waals surface area contributed by atoms with Crippen molar-refractivity contribution >= 4 is 15.9 Å². The topological polar surface area (TPSA) is 0 Å². The van der Waals surface area contributed by atoms with Crippen LogP contribution in [0.3, 0.4) is 0 Å². The molecule has 0 saturated carbocycles. The van der Waals surface area contributed by atoms with Gasteiger partial charge in [0.2, 0.25) is 0 Å². The Morgan fingerprint density at radius 1 is 1.45 bits per heavy atom. The van der Waals surface area contributed by atoms with Crippen molar-refractivity contribution in [2.24, 2.45) is 11.3 Å². The summed E-state index contributed by atoms with van der Waals surface area (Å²) in [5, 5.41) is 1.07. The quantitative estimate of drug-likeness (QED) is 0.497. The average Bonchev–Trinajstić information content (AvgIpc) is 1.79. The highest BCUT2D eigenvalue weighted by Gasteiger charge is 2.22. The average molecular weight is 219 g/mol. The van der Waals surface area contributed by atoms with Crippen LogP contribution in [0, 0.1) is 11.3 Å². The molecule has 0 spiro atoms. The Morgan fingerprint density at radius 3 is 2.00 bits per heavy atom. The molecule has 0 heterocycles. The molecule has 0 rings (SSSR count). The second-order valence-corrected chi connectivity index (χ2v) is 5.03. The zero-order chi connectivity index (χ0) is 9.07. The molecule has 0 aliphatic carbocycles. The number of hydrogen-bond donors (Lipinski definition) is 0. The molecule has 1 atom stereocenters. The summed E-state index contributed by atoms with van der Waals surface area (Å²) in [7, 11) is 0. The van der Waals surface area contributed by atoms with Crippen molar-refractivity contribution in [1.82, 2.24) is 0 Å². The summed E-state index contributed by atoms with van der Waals surface area (Å²) in [5.41, 5.74) is 1.67. The first-order valence-corrected chi connectivity index (χ1v) is 5.20. The van der Waals surface area contributed by atoms with Crippen LogP contribution in [0.15, 0.2) is 12.2 Å². The number of rotatable bonds is 3. The second kappa shape index (κ2) is 4.30. The van der Waals surface area contributed by atoms with Gasteiger partial charge in [-0.3, -0.25) is 0 Å². The lowest BCUT2D eigenvalue weighted by molar-refractivity contribution is 0.266. The molecule has 0 aromatic heterocycles. The van der Waals surface area contributed by atoms with Crippen LogP contribution < -0.4 is 0 Å². The van der Waals surface area contributed by atoms with Crippen molar-refractivity contribution in [3.63, 3.8) is 0 Å². The van der Waals surface area contributed by atoms with Crippen LogP contribution in [0.25, 0.3) is 0 Å². The smallest absolute Gasteiger partial charge is 0.00677 e. The minimum atomic E-state index is 0.391. The summed E-state index contributed by atoms with van der Waals surface area (Å²) in [5.74, 6) is 0.708. The molecule has 0 aromatic rings. The Labute approximate surface area is 79.2 Å². The van der Waals surface area contributed by atoms with E-state index in [1.807, 2.05) is 0 Å². The summed E-state index contributed by atoms with van der Waals surface area (Å²) in [6.07, 6.45) is 1.13. The summed E-state index contributed by atoms with van der Waals surface area (Å²) in [6, 6.07) is 0. The molecule has 0 nitrogen and oxygen atoms in total. The van der Waals surface area contributed by atoms with Crippen LogP contribution in [0.5, 0.6) is 0 Å². The Hall–Kier alpha value is 0.220. The number of hydrogen-bond acceptors (Lipinski definition) is 0. The van der Waals surface area contributed by atoms with E-state index in [-0.39, 0.29) is 0 Å². The van der Waals surface area contributed by atoms with Crippen LogP contribution in [0.1, 0.15) is 34.1 Å². The van der Waals surface area contributed by atoms with Crippen molar-refractivity contribution in [2.45, 2.75) is 34.1 Å². The van der Waals surface area contributed by atoms with Crippen LogP contribution in [0.2, 0.25) is 0 Å². The third-order valence-corrected chi connectivity index (χ3v) is 2.79. The van der Waals surface area contributed by atoms with Crippen LogP contribution in [-0.2, 0) is 0 Å². The zero-order valence-electron chi connectivity index (χ0n) is 8.08. The summed E-state index contributed by atoms with van der Waals surface area (Å²) in [6.45, 7) is 12.9. The largest absolute Gasteiger partial charge is 0.100 e. The van der Waals surface area contributed by atoms with Crippen LogP contribution in [0.4, 0.5) is 0 Å². The highest BCUT2D eigenvalue weighted by molar-refractivity contribution is 9.09. The maximum atomic E-state index is 3.94. The Kier molecular flexibility index (Phi) is 4.38. The standard InChI is InChI=1S/C10H19Br/c1-8(2)6-9(7-11)10(3,4)5/h9H,1,6-7H2,2-5H3. The van der Waals surface area contributed by atoms with E-state index in [0.717, 1.165) is 11.8 Å². The summed E-state index contributed by atoms with van der Waals surface area (Å²) < 4.78 is 0. The van der Waals surface area contributed by atoms with E-state index in [9.17, 15) is 0 Å². The van der Waals surface area contributed by atoms with Crippen molar-refractivity contribution in [3.05, 3.63) is 12.2 Å². The number of alkyl halides is 1.